The normalized spacial score (nSPS) is 15.8. The number of nitrogens with zero attached hydrogens (tertiary/aromatic N) is 2. The van der Waals surface area contributed by atoms with E-state index in [0.29, 0.717) is 11.5 Å². The van der Waals surface area contributed by atoms with Crippen LogP contribution in [0, 0.1) is 0 Å². The molecular formula is C15H24N4O6S. The Bertz CT molecular complexity index is 763. The Labute approximate surface area is 152 Å². The van der Waals surface area contributed by atoms with Crippen molar-refractivity contribution < 1.29 is 28.1 Å². The van der Waals surface area contributed by atoms with Gasteiger partial charge in [-0.15, -0.1) is 0 Å². The molecule has 0 amide bonds. The Hall–Kier alpha value is -2.08. The molecule has 2 rings (SSSR count). The first-order chi connectivity index (χ1) is 12.3. The molecule has 1 aromatic rings. The molecule has 0 atom stereocenters. The van der Waals surface area contributed by atoms with Crippen LogP contribution in [0.25, 0.3) is 0 Å². The second-order valence-electron chi connectivity index (χ2n) is 5.96. The molecule has 10 nitrogen and oxygen atoms in total. The average Bonchev–Trinajstić information content (AvgIpc) is 2.67. The highest BCUT2D eigenvalue weighted by Gasteiger charge is 2.32. The largest absolute Gasteiger partial charge is 0.493 e. The van der Waals surface area contributed by atoms with E-state index in [1.165, 1.54) is 32.4 Å². The summed E-state index contributed by atoms with van der Waals surface area (Å²) in [5.41, 5.74) is -0.857. The number of aliphatic hydroxyl groups is 2. The molecule has 1 aliphatic heterocycles. The summed E-state index contributed by atoms with van der Waals surface area (Å²) in [6.45, 7) is 1.50. The Morgan fingerprint density at radius 1 is 1.27 bits per heavy atom. The van der Waals surface area contributed by atoms with Crippen LogP contribution in [0.4, 0.5) is 0 Å². The van der Waals surface area contributed by atoms with Crippen molar-refractivity contribution in [2.75, 3.05) is 40.8 Å². The highest BCUT2D eigenvalue weighted by atomic mass is 32.2. The van der Waals surface area contributed by atoms with Gasteiger partial charge in [0.1, 0.15) is 0 Å². The summed E-state index contributed by atoms with van der Waals surface area (Å²) in [6, 6.07) is 4.25. The van der Waals surface area contributed by atoms with E-state index in [9.17, 15) is 18.6 Å². The fourth-order valence-electron chi connectivity index (χ4n) is 2.28. The lowest BCUT2D eigenvalue weighted by molar-refractivity contribution is -0.00377. The minimum atomic E-state index is -3.88. The smallest absolute Gasteiger partial charge is 0.264 e. The van der Waals surface area contributed by atoms with Crippen LogP contribution in [0.2, 0.25) is 0 Å². The molecular weight excluding hydrogens is 364 g/mol. The maximum absolute atomic E-state index is 12.5. The van der Waals surface area contributed by atoms with Crippen LogP contribution in [0.1, 0.15) is 6.92 Å². The molecule has 0 saturated carbocycles. The first-order valence-electron chi connectivity index (χ1n) is 7.79. The highest BCUT2D eigenvalue weighted by molar-refractivity contribution is 7.90. The van der Waals surface area contributed by atoms with Crippen LogP contribution < -0.4 is 19.5 Å². The van der Waals surface area contributed by atoms with Crippen molar-refractivity contribution in [3.63, 3.8) is 0 Å². The van der Waals surface area contributed by atoms with E-state index in [2.05, 4.69) is 15.0 Å². The zero-order valence-electron chi connectivity index (χ0n) is 14.9. The first kappa shape index (κ1) is 20.2. The second kappa shape index (κ2) is 8.08. The summed E-state index contributed by atoms with van der Waals surface area (Å²) in [5.74, 6) is 0.790. The fraction of sp³-hybridized carbons (Fsp3) is 0.533. The molecule has 0 aliphatic carbocycles. The summed E-state index contributed by atoms with van der Waals surface area (Å²) >= 11 is 0. The predicted molar refractivity (Wildman–Crippen MR) is 94.6 cm³/mol. The van der Waals surface area contributed by atoms with Crippen molar-refractivity contribution in [3.05, 3.63) is 18.2 Å². The molecule has 0 unspecified atom stereocenters. The standard InChI is InChI=1S/C15H24N4O6S/c1-15(7-20,8-21)19-9-16-14(17-10-19)18-26(22,23)11-4-5-12(24-2)13(6-11)25-3/h4-6,20-21H,7-10H2,1-3H3,(H2,16,17,18). The van der Waals surface area contributed by atoms with Crippen LogP contribution in [-0.4, -0.2) is 75.8 Å². The monoisotopic (exact) mass is 388 g/mol. The van der Waals surface area contributed by atoms with Crippen LogP contribution in [0.3, 0.4) is 0 Å². The third-order valence-corrected chi connectivity index (χ3v) is 5.51. The maximum Gasteiger partial charge on any atom is 0.264 e. The molecule has 0 spiro atoms. The number of hydrogen-bond donors (Lipinski definition) is 4. The second-order valence-corrected chi connectivity index (χ2v) is 7.64. The summed E-state index contributed by atoms with van der Waals surface area (Å²) in [7, 11) is -0.997. The zero-order valence-corrected chi connectivity index (χ0v) is 15.7. The van der Waals surface area contributed by atoms with Gasteiger partial charge in [0.05, 0.1) is 51.2 Å². The van der Waals surface area contributed by atoms with Crippen molar-refractivity contribution in [1.29, 1.82) is 0 Å². The molecule has 0 aromatic heterocycles. The van der Waals surface area contributed by atoms with E-state index in [-0.39, 0.29) is 37.4 Å². The van der Waals surface area contributed by atoms with Crippen molar-refractivity contribution in [2.24, 2.45) is 4.99 Å². The first-order valence-corrected chi connectivity index (χ1v) is 9.28. The average molecular weight is 388 g/mol. The van der Waals surface area contributed by atoms with E-state index in [1.807, 2.05) is 0 Å². The molecule has 11 heteroatoms. The quantitative estimate of drug-likeness (QED) is 0.463. The van der Waals surface area contributed by atoms with E-state index in [1.54, 1.807) is 11.8 Å². The number of benzene rings is 1. The van der Waals surface area contributed by atoms with Gasteiger partial charge in [0.2, 0.25) is 5.96 Å². The highest BCUT2D eigenvalue weighted by Crippen LogP contribution is 2.29. The van der Waals surface area contributed by atoms with Crippen molar-refractivity contribution in [3.8, 4) is 11.5 Å². The Morgan fingerprint density at radius 3 is 2.42 bits per heavy atom. The molecule has 0 saturated heterocycles. The third kappa shape index (κ3) is 4.18. The molecule has 0 fully saturated rings. The van der Waals surface area contributed by atoms with Crippen LogP contribution in [0.15, 0.2) is 28.1 Å². The summed E-state index contributed by atoms with van der Waals surface area (Å²) in [6.07, 6.45) is 0. The lowest BCUT2D eigenvalue weighted by Gasteiger charge is -2.39. The summed E-state index contributed by atoms with van der Waals surface area (Å²) < 4.78 is 37.7. The molecule has 1 aliphatic rings. The molecule has 146 valence electrons. The fourth-order valence-corrected chi connectivity index (χ4v) is 3.30. The lowest BCUT2D eigenvalue weighted by atomic mass is 10.0. The van der Waals surface area contributed by atoms with Gasteiger partial charge in [-0.05, 0) is 19.1 Å². The number of ether oxygens (including phenoxy) is 2. The Morgan fingerprint density at radius 2 is 1.92 bits per heavy atom. The number of rotatable bonds is 7. The molecule has 0 bridgehead atoms. The number of methoxy groups -OCH3 is 2. The van der Waals surface area contributed by atoms with Crippen LogP contribution >= 0.6 is 0 Å². The minimum Gasteiger partial charge on any atom is -0.493 e. The topological polar surface area (TPSA) is 133 Å². The van der Waals surface area contributed by atoms with Gasteiger partial charge in [-0.1, -0.05) is 0 Å². The number of aliphatic hydroxyl groups excluding tert-OH is 2. The molecule has 0 radical (unpaired) electrons. The number of sulfonamides is 1. The van der Waals surface area contributed by atoms with Gasteiger partial charge in [0.15, 0.2) is 11.5 Å². The van der Waals surface area contributed by atoms with Gasteiger partial charge in [-0.25, -0.2) is 18.1 Å². The lowest BCUT2D eigenvalue weighted by Crippen LogP contribution is -2.60. The predicted octanol–water partition coefficient (Wildman–Crippen LogP) is -1.10. The van der Waals surface area contributed by atoms with Gasteiger partial charge in [-0.2, -0.15) is 0 Å². The van der Waals surface area contributed by atoms with E-state index in [4.69, 9.17) is 9.47 Å². The van der Waals surface area contributed by atoms with Crippen molar-refractivity contribution in [1.82, 2.24) is 14.9 Å². The van der Waals surface area contributed by atoms with Crippen LogP contribution in [0.5, 0.6) is 11.5 Å². The van der Waals surface area contributed by atoms with Gasteiger partial charge in [-0.3, -0.25) is 4.90 Å². The summed E-state index contributed by atoms with van der Waals surface area (Å²) in [5, 5.41) is 21.7. The van der Waals surface area contributed by atoms with E-state index in [0.717, 1.165) is 0 Å². The number of guanidine groups is 1. The molecule has 26 heavy (non-hydrogen) atoms. The zero-order chi connectivity index (χ0) is 19.4. The number of hydrogen-bond acceptors (Lipinski definition) is 9. The molecule has 4 N–H and O–H groups in total. The summed E-state index contributed by atoms with van der Waals surface area (Å²) in [4.78, 5) is 5.82. The SMILES string of the molecule is COc1ccc(S(=O)(=O)NC2=NCN(C(C)(CO)CO)CN2)cc1OC. The number of aliphatic imine (C=N–C) groups is 1. The van der Waals surface area contributed by atoms with Crippen LogP contribution in [-0.2, 0) is 10.0 Å². The van der Waals surface area contributed by atoms with Crippen molar-refractivity contribution in [2.45, 2.75) is 17.4 Å². The molecule has 1 heterocycles. The Kier molecular flexibility index (Phi) is 6.29. The molecule has 1 aromatic carbocycles. The van der Waals surface area contributed by atoms with Gasteiger partial charge in [0, 0.05) is 6.07 Å². The number of nitrogens with one attached hydrogen (secondary N) is 2. The third-order valence-electron chi connectivity index (χ3n) is 4.18. The Balaban J connectivity index is 2.14. The van der Waals surface area contributed by atoms with Gasteiger partial charge < -0.3 is 25.0 Å². The van der Waals surface area contributed by atoms with E-state index >= 15 is 0 Å². The van der Waals surface area contributed by atoms with Gasteiger partial charge in [0.25, 0.3) is 10.0 Å². The van der Waals surface area contributed by atoms with Gasteiger partial charge >= 0.3 is 0 Å². The maximum atomic E-state index is 12.5. The van der Waals surface area contributed by atoms with Crippen molar-refractivity contribution >= 4 is 16.0 Å². The van der Waals surface area contributed by atoms with E-state index < -0.39 is 15.6 Å². The minimum absolute atomic E-state index is 0.00219.